The number of benzene rings is 1. The Morgan fingerprint density at radius 1 is 1.33 bits per heavy atom. The van der Waals surface area contributed by atoms with E-state index in [9.17, 15) is 0 Å². The van der Waals surface area contributed by atoms with Crippen molar-refractivity contribution in [3.05, 3.63) is 34.9 Å². The van der Waals surface area contributed by atoms with Crippen molar-refractivity contribution in [2.45, 2.75) is 39.3 Å². The monoisotopic (exact) mass is 243 g/mol. The normalized spacial score (nSPS) is 26.6. The Morgan fingerprint density at radius 2 is 2.17 bits per heavy atom. The number of hydrogen-bond acceptors (Lipinski definition) is 3. The highest BCUT2D eigenvalue weighted by atomic mass is 15.4. The van der Waals surface area contributed by atoms with Crippen molar-refractivity contribution in [3.8, 4) is 0 Å². The molecule has 3 heteroatoms. The summed E-state index contributed by atoms with van der Waals surface area (Å²) < 4.78 is 0. The van der Waals surface area contributed by atoms with Crippen molar-refractivity contribution in [1.29, 1.82) is 0 Å². The van der Waals surface area contributed by atoms with Gasteiger partial charge in [-0.05, 0) is 38.3 Å². The van der Waals surface area contributed by atoms with Crippen LogP contribution in [0, 0.1) is 13.8 Å². The summed E-state index contributed by atoms with van der Waals surface area (Å²) in [6.07, 6.45) is 1.13. The zero-order chi connectivity index (χ0) is 12.7. The standard InChI is InChI=1S/C15H21N3/c1-10-4-5-13(11(2)8-10)14-6-7-16-15-17-12(3)9-18(14)15/h4-5,8,12,14H,6-7,9H2,1-3H3,(H,16,17). The van der Waals surface area contributed by atoms with Crippen LogP contribution in [-0.2, 0) is 0 Å². The molecule has 1 aromatic carbocycles. The van der Waals surface area contributed by atoms with Gasteiger partial charge in [-0.2, -0.15) is 0 Å². The molecule has 0 spiro atoms. The maximum Gasteiger partial charge on any atom is 0.194 e. The zero-order valence-electron chi connectivity index (χ0n) is 11.4. The van der Waals surface area contributed by atoms with E-state index in [2.05, 4.69) is 54.2 Å². The number of guanidine groups is 1. The van der Waals surface area contributed by atoms with Gasteiger partial charge in [0.25, 0.3) is 0 Å². The molecule has 3 nitrogen and oxygen atoms in total. The first kappa shape index (κ1) is 11.6. The van der Waals surface area contributed by atoms with Crippen LogP contribution >= 0.6 is 0 Å². The van der Waals surface area contributed by atoms with E-state index in [1.165, 1.54) is 16.7 Å². The minimum atomic E-state index is 0.496. The summed E-state index contributed by atoms with van der Waals surface area (Å²) in [5, 5.41) is 3.46. The number of hydrogen-bond donors (Lipinski definition) is 1. The minimum absolute atomic E-state index is 0.496. The van der Waals surface area contributed by atoms with Gasteiger partial charge in [-0.25, -0.2) is 0 Å². The molecular formula is C15H21N3. The van der Waals surface area contributed by atoms with Crippen LogP contribution in [0.4, 0.5) is 0 Å². The van der Waals surface area contributed by atoms with Crippen LogP contribution in [0.5, 0.6) is 0 Å². The highest BCUT2D eigenvalue weighted by molar-refractivity contribution is 5.83. The Hall–Kier alpha value is -1.51. The van der Waals surface area contributed by atoms with Gasteiger partial charge in [0, 0.05) is 19.1 Å². The number of aryl methyl sites for hydroxylation is 2. The van der Waals surface area contributed by atoms with Crippen LogP contribution in [0.1, 0.15) is 36.1 Å². The topological polar surface area (TPSA) is 27.6 Å². The third kappa shape index (κ3) is 1.88. The molecule has 2 aliphatic rings. The van der Waals surface area contributed by atoms with Crippen LogP contribution in [0.25, 0.3) is 0 Å². The van der Waals surface area contributed by atoms with Gasteiger partial charge in [-0.15, -0.1) is 0 Å². The number of aliphatic imine (C=N–C) groups is 1. The molecule has 0 bridgehead atoms. The van der Waals surface area contributed by atoms with Crippen molar-refractivity contribution in [2.75, 3.05) is 13.1 Å². The van der Waals surface area contributed by atoms with E-state index in [1.54, 1.807) is 0 Å². The Morgan fingerprint density at radius 3 is 2.94 bits per heavy atom. The molecule has 2 aliphatic heterocycles. The fraction of sp³-hybridized carbons (Fsp3) is 0.533. The fourth-order valence-corrected chi connectivity index (χ4v) is 3.11. The summed E-state index contributed by atoms with van der Waals surface area (Å²) in [4.78, 5) is 7.03. The molecule has 0 aromatic heterocycles. The molecular weight excluding hydrogens is 222 g/mol. The number of nitrogens with one attached hydrogen (secondary N) is 1. The quantitative estimate of drug-likeness (QED) is 0.820. The first-order chi connectivity index (χ1) is 8.65. The van der Waals surface area contributed by atoms with E-state index in [0.29, 0.717) is 12.1 Å². The van der Waals surface area contributed by atoms with E-state index in [-0.39, 0.29) is 0 Å². The predicted molar refractivity (Wildman–Crippen MR) is 74.9 cm³/mol. The third-order valence-corrected chi connectivity index (χ3v) is 3.94. The minimum Gasteiger partial charge on any atom is -0.352 e. The van der Waals surface area contributed by atoms with Gasteiger partial charge in [0.2, 0.25) is 0 Å². The third-order valence-electron chi connectivity index (χ3n) is 3.94. The Labute approximate surface area is 109 Å². The lowest BCUT2D eigenvalue weighted by atomic mass is 9.95. The van der Waals surface area contributed by atoms with Crippen molar-refractivity contribution < 1.29 is 0 Å². The molecule has 2 heterocycles. The molecule has 0 amide bonds. The summed E-state index contributed by atoms with van der Waals surface area (Å²) in [5.74, 6) is 1.10. The molecule has 0 radical (unpaired) electrons. The molecule has 1 N–H and O–H groups in total. The average Bonchev–Trinajstić information content (AvgIpc) is 2.69. The molecule has 0 aliphatic carbocycles. The molecule has 3 rings (SSSR count). The molecule has 18 heavy (non-hydrogen) atoms. The molecule has 1 saturated heterocycles. The van der Waals surface area contributed by atoms with E-state index in [4.69, 9.17) is 0 Å². The summed E-state index contributed by atoms with van der Waals surface area (Å²) in [7, 11) is 0. The van der Waals surface area contributed by atoms with Crippen molar-refractivity contribution in [1.82, 2.24) is 10.2 Å². The van der Waals surface area contributed by atoms with Crippen LogP contribution in [-0.4, -0.2) is 30.0 Å². The smallest absolute Gasteiger partial charge is 0.194 e. The highest BCUT2D eigenvalue weighted by Gasteiger charge is 2.33. The maximum atomic E-state index is 4.60. The second-order valence-corrected chi connectivity index (χ2v) is 5.57. The number of fused-ring (bicyclic) bond motifs is 1. The molecule has 1 aromatic rings. The van der Waals surface area contributed by atoms with Gasteiger partial charge >= 0.3 is 0 Å². The van der Waals surface area contributed by atoms with E-state index in [1.807, 2.05) is 0 Å². The average molecular weight is 243 g/mol. The molecule has 96 valence electrons. The zero-order valence-corrected chi connectivity index (χ0v) is 11.4. The van der Waals surface area contributed by atoms with Gasteiger partial charge in [-0.1, -0.05) is 23.8 Å². The highest BCUT2D eigenvalue weighted by Crippen LogP contribution is 2.32. The first-order valence-corrected chi connectivity index (χ1v) is 6.80. The van der Waals surface area contributed by atoms with Gasteiger partial charge in [-0.3, -0.25) is 4.99 Å². The number of nitrogens with zero attached hydrogens (tertiary/aromatic N) is 2. The lowest BCUT2D eigenvalue weighted by Gasteiger charge is -2.33. The summed E-state index contributed by atoms with van der Waals surface area (Å²) in [6.45, 7) is 8.60. The van der Waals surface area contributed by atoms with Gasteiger partial charge in [0.15, 0.2) is 5.96 Å². The van der Waals surface area contributed by atoms with Crippen molar-refractivity contribution in [3.63, 3.8) is 0 Å². The van der Waals surface area contributed by atoms with E-state index < -0.39 is 0 Å². The van der Waals surface area contributed by atoms with Crippen LogP contribution in [0.3, 0.4) is 0 Å². The lowest BCUT2D eigenvalue weighted by Crippen LogP contribution is -2.37. The molecule has 2 atom stereocenters. The Bertz CT molecular complexity index is 493. The summed E-state index contributed by atoms with van der Waals surface area (Å²) >= 11 is 0. The van der Waals surface area contributed by atoms with Crippen molar-refractivity contribution in [2.24, 2.45) is 4.99 Å². The Kier molecular flexibility index (Phi) is 2.77. The second-order valence-electron chi connectivity index (χ2n) is 5.57. The van der Waals surface area contributed by atoms with Crippen LogP contribution in [0.15, 0.2) is 23.2 Å². The number of rotatable bonds is 1. The molecule has 2 unspecified atom stereocenters. The fourth-order valence-electron chi connectivity index (χ4n) is 3.11. The summed E-state index contributed by atoms with van der Waals surface area (Å²) in [5.41, 5.74) is 4.21. The SMILES string of the molecule is Cc1ccc(C2CCN=C3NC(C)CN32)c(C)c1. The van der Waals surface area contributed by atoms with Crippen LogP contribution < -0.4 is 5.32 Å². The second kappa shape index (κ2) is 4.30. The summed E-state index contributed by atoms with van der Waals surface area (Å²) in [6, 6.07) is 7.81. The molecule has 1 fully saturated rings. The van der Waals surface area contributed by atoms with Gasteiger partial charge in [0.1, 0.15) is 0 Å². The van der Waals surface area contributed by atoms with Crippen LogP contribution in [0.2, 0.25) is 0 Å². The van der Waals surface area contributed by atoms with Crippen molar-refractivity contribution >= 4 is 5.96 Å². The van der Waals surface area contributed by atoms with Gasteiger partial charge in [0.05, 0.1) is 6.04 Å². The van der Waals surface area contributed by atoms with E-state index in [0.717, 1.165) is 25.5 Å². The predicted octanol–water partition coefficient (Wildman–Crippen LogP) is 2.40. The molecule has 0 saturated carbocycles. The first-order valence-electron chi connectivity index (χ1n) is 6.80. The Balaban J connectivity index is 1.94. The van der Waals surface area contributed by atoms with Gasteiger partial charge < -0.3 is 10.2 Å². The lowest BCUT2D eigenvalue weighted by molar-refractivity contribution is 0.304. The van der Waals surface area contributed by atoms with E-state index >= 15 is 0 Å². The largest absolute Gasteiger partial charge is 0.352 e. The maximum absolute atomic E-state index is 4.60.